The first kappa shape index (κ1) is 20.8. The molecule has 4 rings (SSSR count). The molecule has 2 saturated heterocycles. The average Bonchev–Trinajstić information content (AvgIpc) is 2.94. The molecule has 2 aliphatic heterocycles. The molecule has 1 amide bonds. The van der Waals surface area contributed by atoms with E-state index >= 15 is 0 Å². The van der Waals surface area contributed by atoms with E-state index in [0.29, 0.717) is 36.8 Å². The Morgan fingerprint density at radius 3 is 2.33 bits per heavy atom. The van der Waals surface area contributed by atoms with Crippen molar-refractivity contribution >= 4 is 5.91 Å². The molecule has 0 aliphatic carbocycles. The highest BCUT2D eigenvalue weighted by atomic mass is 19.1. The van der Waals surface area contributed by atoms with Crippen molar-refractivity contribution in [3.8, 4) is 5.75 Å². The number of rotatable bonds is 6. The number of carbonyl (C=O) groups excluding carboxylic acids is 1. The lowest BCUT2D eigenvalue weighted by atomic mass is 9.85. The summed E-state index contributed by atoms with van der Waals surface area (Å²) in [5.74, 6) is -0.678. The molecule has 4 nitrogen and oxygen atoms in total. The summed E-state index contributed by atoms with van der Waals surface area (Å²) in [6.07, 6.45) is 4.31. The van der Waals surface area contributed by atoms with Gasteiger partial charge in [0.15, 0.2) is 0 Å². The third kappa shape index (κ3) is 4.33. The lowest BCUT2D eigenvalue weighted by molar-refractivity contribution is -0.129. The minimum Gasteiger partial charge on any atom is -0.508 e. The van der Waals surface area contributed by atoms with Gasteiger partial charge in [-0.1, -0.05) is 18.2 Å². The van der Waals surface area contributed by atoms with Crippen molar-refractivity contribution in [2.75, 3.05) is 13.1 Å². The number of phenols is 1. The first-order chi connectivity index (χ1) is 14.4. The highest BCUT2D eigenvalue weighted by Crippen LogP contribution is 2.43. The second-order valence-corrected chi connectivity index (χ2v) is 8.53. The Balaban J connectivity index is 1.40. The highest BCUT2D eigenvalue weighted by molar-refractivity contribution is 5.73. The van der Waals surface area contributed by atoms with Gasteiger partial charge in [-0.05, 0) is 61.4 Å². The van der Waals surface area contributed by atoms with Crippen molar-refractivity contribution in [3.63, 3.8) is 0 Å². The van der Waals surface area contributed by atoms with Crippen molar-refractivity contribution in [1.82, 2.24) is 9.80 Å². The predicted molar refractivity (Wildman–Crippen MR) is 111 cm³/mol. The summed E-state index contributed by atoms with van der Waals surface area (Å²) in [5.41, 5.74) is 1.13. The van der Waals surface area contributed by atoms with Crippen molar-refractivity contribution < 1.29 is 18.7 Å². The van der Waals surface area contributed by atoms with Gasteiger partial charge in [0, 0.05) is 37.7 Å². The summed E-state index contributed by atoms with van der Waals surface area (Å²) in [4.78, 5) is 16.1. The van der Waals surface area contributed by atoms with Gasteiger partial charge in [-0.15, -0.1) is 0 Å². The van der Waals surface area contributed by atoms with Gasteiger partial charge in [0.1, 0.15) is 17.4 Å². The number of aromatic hydroxyl groups is 1. The molecule has 2 fully saturated rings. The standard InChI is InChI=1S/C24H28F2N2O2/c1-16(29)27(15-22-23(25)6-3-7-24(22)26)10-11-28-19-8-9-20(28)13-18(12-19)17-4-2-5-21(30)14-17/h2-7,14,18-20,30H,8-13,15H2,1H3. The molecule has 0 aromatic heterocycles. The Bertz CT molecular complexity index is 886. The molecule has 0 spiro atoms. The number of fused-ring (bicyclic) bond motifs is 2. The van der Waals surface area contributed by atoms with Crippen LogP contribution in [0.2, 0.25) is 0 Å². The Hall–Kier alpha value is -2.47. The van der Waals surface area contributed by atoms with Gasteiger partial charge < -0.3 is 10.0 Å². The summed E-state index contributed by atoms with van der Waals surface area (Å²) in [6, 6.07) is 12.2. The van der Waals surface area contributed by atoms with Crippen LogP contribution in [0, 0.1) is 11.6 Å². The van der Waals surface area contributed by atoms with Crippen molar-refractivity contribution in [3.05, 3.63) is 65.2 Å². The molecule has 2 aromatic carbocycles. The van der Waals surface area contributed by atoms with Gasteiger partial charge in [-0.3, -0.25) is 9.69 Å². The van der Waals surface area contributed by atoms with E-state index in [9.17, 15) is 18.7 Å². The van der Waals surface area contributed by atoms with Crippen LogP contribution in [0.25, 0.3) is 0 Å². The number of halogens is 2. The van der Waals surface area contributed by atoms with Crippen molar-refractivity contribution in [1.29, 1.82) is 0 Å². The second kappa shape index (κ2) is 8.72. The molecule has 2 aliphatic rings. The fraction of sp³-hybridized carbons (Fsp3) is 0.458. The topological polar surface area (TPSA) is 43.8 Å². The number of piperidine rings is 1. The van der Waals surface area contributed by atoms with E-state index in [0.717, 1.165) is 25.7 Å². The molecule has 160 valence electrons. The van der Waals surface area contributed by atoms with Crippen LogP contribution < -0.4 is 0 Å². The zero-order valence-corrected chi connectivity index (χ0v) is 17.2. The second-order valence-electron chi connectivity index (χ2n) is 8.53. The van der Waals surface area contributed by atoms with Gasteiger partial charge in [0.05, 0.1) is 6.54 Å². The van der Waals surface area contributed by atoms with Gasteiger partial charge in [-0.25, -0.2) is 8.78 Å². The number of hydrogen-bond donors (Lipinski definition) is 1. The molecule has 2 aromatic rings. The first-order valence-corrected chi connectivity index (χ1v) is 10.7. The fourth-order valence-electron chi connectivity index (χ4n) is 5.15. The number of amides is 1. The maximum atomic E-state index is 14.0. The van der Waals surface area contributed by atoms with Gasteiger partial charge >= 0.3 is 0 Å². The molecule has 2 unspecified atom stereocenters. The van der Waals surface area contributed by atoms with Gasteiger partial charge in [-0.2, -0.15) is 0 Å². The number of carbonyl (C=O) groups is 1. The van der Waals surface area contributed by atoms with E-state index in [1.165, 1.54) is 35.6 Å². The number of benzene rings is 2. The number of hydrogen-bond acceptors (Lipinski definition) is 3. The molecular weight excluding hydrogens is 386 g/mol. The molecule has 2 bridgehead atoms. The van der Waals surface area contributed by atoms with Gasteiger partial charge in [0.2, 0.25) is 5.91 Å². The van der Waals surface area contributed by atoms with Crippen LogP contribution >= 0.6 is 0 Å². The average molecular weight is 414 g/mol. The van der Waals surface area contributed by atoms with E-state index in [4.69, 9.17) is 0 Å². The molecule has 6 heteroatoms. The summed E-state index contributed by atoms with van der Waals surface area (Å²) in [6.45, 7) is 2.55. The van der Waals surface area contributed by atoms with E-state index in [-0.39, 0.29) is 18.0 Å². The normalized spacial score (nSPS) is 23.5. The van der Waals surface area contributed by atoms with Crippen LogP contribution in [0.4, 0.5) is 8.78 Å². The van der Waals surface area contributed by atoms with Crippen LogP contribution in [0.1, 0.15) is 49.7 Å². The quantitative estimate of drug-likeness (QED) is 0.761. The van der Waals surface area contributed by atoms with Crippen LogP contribution in [-0.4, -0.2) is 46.0 Å². The number of nitrogens with zero attached hydrogens (tertiary/aromatic N) is 2. The monoisotopic (exact) mass is 414 g/mol. The van der Waals surface area contributed by atoms with Crippen LogP contribution in [0.3, 0.4) is 0 Å². The zero-order chi connectivity index (χ0) is 21.3. The zero-order valence-electron chi connectivity index (χ0n) is 17.2. The molecular formula is C24H28F2N2O2. The largest absolute Gasteiger partial charge is 0.508 e. The molecule has 1 N–H and O–H groups in total. The van der Waals surface area contributed by atoms with Crippen LogP contribution in [0.15, 0.2) is 42.5 Å². The summed E-state index contributed by atoms with van der Waals surface area (Å²) in [5, 5.41) is 9.80. The minimum absolute atomic E-state index is 0.0526. The molecule has 30 heavy (non-hydrogen) atoms. The predicted octanol–water partition coefficient (Wildman–Crippen LogP) is 4.43. The van der Waals surface area contributed by atoms with E-state index in [1.807, 2.05) is 12.1 Å². The minimum atomic E-state index is -0.617. The Labute approximate surface area is 176 Å². The summed E-state index contributed by atoms with van der Waals surface area (Å²) in [7, 11) is 0. The van der Waals surface area contributed by atoms with E-state index < -0.39 is 11.6 Å². The molecule has 0 saturated carbocycles. The van der Waals surface area contributed by atoms with Crippen LogP contribution in [0.5, 0.6) is 5.75 Å². The third-order valence-corrected chi connectivity index (χ3v) is 6.71. The van der Waals surface area contributed by atoms with E-state index in [1.54, 1.807) is 6.07 Å². The fourth-order valence-corrected chi connectivity index (χ4v) is 5.15. The molecule has 2 heterocycles. The third-order valence-electron chi connectivity index (χ3n) is 6.71. The van der Waals surface area contributed by atoms with Crippen molar-refractivity contribution in [2.45, 2.75) is 57.2 Å². The molecule has 2 atom stereocenters. The lowest BCUT2D eigenvalue weighted by Crippen LogP contribution is -2.46. The van der Waals surface area contributed by atoms with Gasteiger partial charge in [0.25, 0.3) is 0 Å². The summed E-state index contributed by atoms with van der Waals surface area (Å²) < 4.78 is 28.1. The SMILES string of the molecule is CC(=O)N(CCN1C2CCC1CC(c1cccc(O)c1)C2)Cc1c(F)cccc1F. The first-order valence-electron chi connectivity index (χ1n) is 10.7. The number of phenolic OH excluding ortho intramolecular Hbond substituents is 1. The smallest absolute Gasteiger partial charge is 0.219 e. The highest BCUT2D eigenvalue weighted by Gasteiger charge is 2.41. The summed E-state index contributed by atoms with van der Waals surface area (Å²) >= 11 is 0. The Morgan fingerprint density at radius 1 is 1.10 bits per heavy atom. The van der Waals surface area contributed by atoms with E-state index in [2.05, 4.69) is 11.0 Å². The van der Waals surface area contributed by atoms with Crippen LogP contribution in [-0.2, 0) is 11.3 Å². The lowest BCUT2D eigenvalue weighted by Gasteiger charge is -2.40. The van der Waals surface area contributed by atoms with Crippen molar-refractivity contribution in [2.24, 2.45) is 0 Å². The Kier molecular flexibility index (Phi) is 6.04. The maximum absolute atomic E-state index is 14.0. The molecule has 0 radical (unpaired) electrons. The maximum Gasteiger partial charge on any atom is 0.219 e. The Morgan fingerprint density at radius 2 is 1.73 bits per heavy atom.